The minimum Gasteiger partial charge on any atom is -0.382 e. The first-order valence-corrected chi connectivity index (χ1v) is 4.56. The van der Waals surface area contributed by atoms with E-state index in [0.29, 0.717) is 23.1 Å². The predicted octanol–water partition coefficient (Wildman–Crippen LogP) is -0.752. The molecule has 0 saturated carbocycles. The lowest BCUT2D eigenvalue weighted by atomic mass is 10.1. The average molecular weight is 189 g/mol. The van der Waals surface area contributed by atoms with E-state index in [1.165, 1.54) is 0 Å². The van der Waals surface area contributed by atoms with Gasteiger partial charge in [-0.25, -0.2) is 15.0 Å². The molecule has 0 amide bonds. The van der Waals surface area contributed by atoms with Crippen LogP contribution in [0.5, 0.6) is 0 Å². The summed E-state index contributed by atoms with van der Waals surface area (Å²) in [6, 6.07) is 0.327. The number of nitrogens with two attached hydrogens (primary N) is 1. The molecule has 0 bridgehead atoms. The molecule has 2 aromatic heterocycles. The second kappa shape index (κ2) is 2.97. The summed E-state index contributed by atoms with van der Waals surface area (Å²) < 4.78 is 1.99. The maximum atomic E-state index is 5.74. The van der Waals surface area contributed by atoms with E-state index in [4.69, 9.17) is 5.73 Å². The Morgan fingerprint density at radius 2 is 2.14 bits per heavy atom. The van der Waals surface area contributed by atoms with Crippen molar-refractivity contribution in [2.24, 2.45) is 0 Å². The summed E-state index contributed by atoms with van der Waals surface area (Å²) in [5, 5.41) is 0. The molecule has 0 fully saturated rings. The molecule has 0 unspecified atom stereocenters. The number of anilines is 1. The standard InChI is InChI=1S/C8H12BN5/c1-4(2)14-3-11-5-6(10)12-8(9)13-7(5)14/h3-4H,9H2,1-2H3,(H2,10,12,13). The fraction of sp³-hybridized carbons (Fsp3) is 0.375. The Bertz CT molecular complexity index is 476. The molecule has 2 heterocycles. The van der Waals surface area contributed by atoms with Crippen molar-refractivity contribution < 1.29 is 0 Å². The molecule has 0 saturated heterocycles. The van der Waals surface area contributed by atoms with Crippen molar-refractivity contribution in [1.82, 2.24) is 19.5 Å². The second-order valence-corrected chi connectivity index (χ2v) is 3.57. The summed E-state index contributed by atoms with van der Waals surface area (Å²) >= 11 is 0. The largest absolute Gasteiger partial charge is 0.382 e. The molecule has 0 radical (unpaired) electrons. The van der Waals surface area contributed by atoms with Gasteiger partial charge in [0.15, 0.2) is 19.3 Å². The molecule has 0 aromatic carbocycles. The zero-order chi connectivity index (χ0) is 10.3. The number of nitrogens with zero attached hydrogens (tertiary/aromatic N) is 4. The van der Waals surface area contributed by atoms with Crippen molar-refractivity contribution in [1.29, 1.82) is 0 Å². The van der Waals surface area contributed by atoms with E-state index in [2.05, 4.69) is 28.8 Å². The minimum absolute atomic E-state index is 0.327. The first-order valence-electron chi connectivity index (χ1n) is 4.56. The molecule has 2 rings (SSSR count). The second-order valence-electron chi connectivity index (χ2n) is 3.57. The number of nitrogen functional groups attached to an aromatic ring is 1. The number of fused-ring (bicyclic) bond motifs is 1. The Balaban J connectivity index is 2.78. The molecular weight excluding hydrogens is 177 g/mol. The molecule has 0 atom stereocenters. The van der Waals surface area contributed by atoms with Gasteiger partial charge in [-0.15, -0.1) is 0 Å². The van der Waals surface area contributed by atoms with Gasteiger partial charge in [0, 0.05) is 6.04 Å². The molecule has 2 aromatic rings. The van der Waals surface area contributed by atoms with Crippen molar-refractivity contribution in [2.75, 3.05) is 5.73 Å². The van der Waals surface area contributed by atoms with Crippen LogP contribution in [0.1, 0.15) is 19.9 Å². The van der Waals surface area contributed by atoms with Crippen LogP contribution in [0.3, 0.4) is 0 Å². The maximum Gasteiger partial charge on any atom is 0.189 e. The van der Waals surface area contributed by atoms with Gasteiger partial charge in [0.2, 0.25) is 0 Å². The van der Waals surface area contributed by atoms with Gasteiger partial charge in [-0.2, -0.15) is 0 Å². The lowest BCUT2D eigenvalue weighted by Gasteiger charge is -2.07. The van der Waals surface area contributed by atoms with Crippen LogP contribution in [0.25, 0.3) is 11.2 Å². The first-order chi connectivity index (χ1) is 6.59. The molecule has 2 N–H and O–H groups in total. The number of rotatable bonds is 1. The topological polar surface area (TPSA) is 69.6 Å². The van der Waals surface area contributed by atoms with Gasteiger partial charge in [-0.1, -0.05) is 0 Å². The molecule has 72 valence electrons. The third-order valence-electron chi connectivity index (χ3n) is 2.12. The van der Waals surface area contributed by atoms with Crippen molar-refractivity contribution in [3.63, 3.8) is 0 Å². The third-order valence-corrected chi connectivity index (χ3v) is 2.12. The van der Waals surface area contributed by atoms with Crippen LogP contribution >= 0.6 is 0 Å². The van der Waals surface area contributed by atoms with Crippen molar-refractivity contribution in [2.45, 2.75) is 19.9 Å². The monoisotopic (exact) mass is 189 g/mol. The van der Waals surface area contributed by atoms with Crippen molar-refractivity contribution in [3.8, 4) is 0 Å². The minimum atomic E-state index is 0.327. The highest BCUT2D eigenvalue weighted by Gasteiger charge is 2.10. The number of hydrogen-bond acceptors (Lipinski definition) is 4. The summed E-state index contributed by atoms with van der Waals surface area (Å²) in [5.74, 6) is 0.451. The van der Waals surface area contributed by atoms with Crippen LogP contribution in [0.2, 0.25) is 0 Å². The van der Waals surface area contributed by atoms with E-state index in [0.717, 1.165) is 5.65 Å². The van der Waals surface area contributed by atoms with Crippen molar-refractivity contribution in [3.05, 3.63) is 6.33 Å². The molecule has 14 heavy (non-hydrogen) atoms. The molecule has 0 aliphatic carbocycles. The fourth-order valence-corrected chi connectivity index (χ4v) is 1.43. The van der Waals surface area contributed by atoms with Gasteiger partial charge < -0.3 is 10.3 Å². The summed E-state index contributed by atoms with van der Waals surface area (Å²) in [6.45, 7) is 4.16. The Morgan fingerprint density at radius 3 is 2.79 bits per heavy atom. The van der Waals surface area contributed by atoms with Gasteiger partial charge in [0.25, 0.3) is 0 Å². The summed E-state index contributed by atoms with van der Waals surface area (Å²) in [6.07, 6.45) is 1.75. The normalized spacial score (nSPS) is 11.4. The molecular formula is C8H12BN5. The van der Waals surface area contributed by atoms with Gasteiger partial charge >= 0.3 is 0 Å². The zero-order valence-corrected chi connectivity index (χ0v) is 8.52. The smallest absolute Gasteiger partial charge is 0.189 e. The van der Waals surface area contributed by atoms with Crippen LogP contribution < -0.4 is 11.5 Å². The summed E-state index contributed by atoms with van der Waals surface area (Å²) in [5.41, 5.74) is 7.92. The van der Waals surface area contributed by atoms with Crippen LogP contribution in [0.15, 0.2) is 6.33 Å². The van der Waals surface area contributed by atoms with Crippen LogP contribution in [0.4, 0.5) is 5.82 Å². The van der Waals surface area contributed by atoms with Gasteiger partial charge in [0.1, 0.15) is 5.52 Å². The highest BCUT2D eigenvalue weighted by atomic mass is 15.1. The molecule has 0 aliphatic heterocycles. The Kier molecular flexibility index (Phi) is 1.91. The third kappa shape index (κ3) is 1.23. The van der Waals surface area contributed by atoms with Crippen LogP contribution in [-0.2, 0) is 0 Å². The summed E-state index contributed by atoms with van der Waals surface area (Å²) in [4.78, 5) is 12.6. The van der Waals surface area contributed by atoms with E-state index in [9.17, 15) is 0 Å². The fourth-order valence-electron chi connectivity index (χ4n) is 1.43. The van der Waals surface area contributed by atoms with E-state index in [1.54, 1.807) is 6.33 Å². The molecule has 0 spiro atoms. The number of aromatic nitrogens is 4. The summed E-state index contributed by atoms with van der Waals surface area (Å²) in [7, 11) is 1.83. The quantitative estimate of drug-likeness (QED) is 0.599. The number of imidazole rings is 1. The van der Waals surface area contributed by atoms with E-state index >= 15 is 0 Å². The first kappa shape index (κ1) is 8.99. The van der Waals surface area contributed by atoms with Gasteiger partial charge in [0.05, 0.1) is 12.1 Å². The SMILES string of the molecule is Bc1nc(N)c2ncn(C(C)C)c2n1. The van der Waals surface area contributed by atoms with Crippen LogP contribution in [0, 0.1) is 0 Å². The highest BCUT2D eigenvalue weighted by Crippen LogP contribution is 2.16. The van der Waals surface area contributed by atoms with Gasteiger partial charge in [-0.3, -0.25) is 0 Å². The van der Waals surface area contributed by atoms with E-state index in [-0.39, 0.29) is 0 Å². The lowest BCUT2D eigenvalue weighted by molar-refractivity contribution is 0.613. The van der Waals surface area contributed by atoms with Crippen LogP contribution in [-0.4, -0.2) is 27.4 Å². The highest BCUT2D eigenvalue weighted by molar-refractivity contribution is 6.29. The lowest BCUT2D eigenvalue weighted by Crippen LogP contribution is -2.16. The predicted molar refractivity (Wildman–Crippen MR) is 58.3 cm³/mol. The van der Waals surface area contributed by atoms with E-state index < -0.39 is 0 Å². The zero-order valence-electron chi connectivity index (χ0n) is 8.52. The Morgan fingerprint density at radius 1 is 1.43 bits per heavy atom. The molecule has 5 nitrogen and oxygen atoms in total. The average Bonchev–Trinajstić information content (AvgIpc) is 2.47. The molecule has 6 heteroatoms. The molecule has 0 aliphatic rings. The van der Waals surface area contributed by atoms with Crippen molar-refractivity contribution >= 4 is 30.6 Å². The van der Waals surface area contributed by atoms with E-state index in [1.807, 2.05) is 12.4 Å². The Labute approximate surface area is 82.8 Å². The van der Waals surface area contributed by atoms with Gasteiger partial charge in [-0.05, 0) is 13.8 Å². The number of hydrogen-bond donors (Lipinski definition) is 1. The Hall–Kier alpha value is -1.59. The maximum absolute atomic E-state index is 5.74.